The van der Waals surface area contributed by atoms with Crippen LogP contribution in [0.15, 0.2) is 48.7 Å². The minimum atomic E-state index is 0.0806. The van der Waals surface area contributed by atoms with Crippen LogP contribution >= 0.6 is 11.6 Å². The number of pyridine rings is 1. The Morgan fingerprint density at radius 1 is 1.14 bits per heavy atom. The molecular weight excluding hydrogens is 286 g/mol. The van der Waals surface area contributed by atoms with E-state index in [0.717, 1.165) is 16.8 Å². The van der Waals surface area contributed by atoms with Gasteiger partial charge in [-0.15, -0.1) is 0 Å². The van der Waals surface area contributed by atoms with Crippen LogP contribution in [0, 0.1) is 6.92 Å². The fraction of sp³-hybridized carbons (Fsp3) is 0.125. The molecule has 4 nitrogen and oxygen atoms in total. The van der Waals surface area contributed by atoms with Crippen LogP contribution in [0.4, 0.5) is 0 Å². The molecule has 0 saturated carbocycles. The van der Waals surface area contributed by atoms with Gasteiger partial charge < -0.3 is 5.11 Å². The van der Waals surface area contributed by atoms with Crippen molar-refractivity contribution in [2.45, 2.75) is 13.3 Å². The molecule has 0 aliphatic carbocycles. The molecule has 0 radical (unpaired) electrons. The Hall–Kier alpha value is -2.33. The number of aromatic hydroxyl groups is 1. The Balaban J connectivity index is 1.89. The van der Waals surface area contributed by atoms with Gasteiger partial charge in [-0.05, 0) is 42.3 Å². The van der Waals surface area contributed by atoms with Gasteiger partial charge >= 0.3 is 0 Å². The average Bonchev–Trinajstić information content (AvgIpc) is 2.82. The third kappa shape index (κ3) is 3.06. The summed E-state index contributed by atoms with van der Waals surface area (Å²) in [5.41, 5.74) is 2.92. The Labute approximate surface area is 127 Å². The zero-order chi connectivity index (χ0) is 14.8. The minimum absolute atomic E-state index is 0.0806. The first kappa shape index (κ1) is 13.6. The predicted molar refractivity (Wildman–Crippen MR) is 82.0 cm³/mol. The van der Waals surface area contributed by atoms with E-state index >= 15 is 0 Å². The third-order valence-electron chi connectivity index (χ3n) is 3.16. The van der Waals surface area contributed by atoms with Crippen molar-refractivity contribution in [2.75, 3.05) is 0 Å². The normalized spacial score (nSPS) is 10.8. The fourth-order valence-electron chi connectivity index (χ4n) is 2.12. The highest BCUT2D eigenvalue weighted by atomic mass is 35.5. The van der Waals surface area contributed by atoms with Gasteiger partial charge in [0, 0.05) is 23.7 Å². The smallest absolute Gasteiger partial charge is 0.215 e. The summed E-state index contributed by atoms with van der Waals surface area (Å²) in [5.74, 6) is 0.687. The van der Waals surface area contributed by atoms with Crippen LogP contribution in [0.3, 0.4) is 0 Å². The number of rotatable bonds is 3. The van der Waals surface area contributed by atoms with E-state index in [9.17, 15) is 5.11 Å². The second kappa shape index (κ2) is 5.58. The number of benzene rings is 1. The zero-order valence-electron chi connectivity index (χ0n) is 11.5. The molecule has 1 aromatic carbocycles. The van der Waals surface area contributed by atoms with E-state index in [2.05, 4.69) is 10.1 Å². The molecular formula is C16H14ClN3O. The van der Waals surface area contributed by atoms with Gasteiger partial charge in [0.05, 0.1) is 5.69 Å². The lowest BCUT2D eigenvalue weighted by molar-refractivity contribution is 0.432. The van der Waals surface area contributed by atoms with Gasteiger partial charge in [0.25, 0.3) is 0 Å². The van der Waals surface area contributed by atoms with Crippen LogP contribution in [-0.4, -0.2) is 19.9 Å². The van der Waals surface area contributed by atoms with E-state index in [4.69, 9.17) is 11.6 Å². The molecule has 0 amide bonds. The molecule has 0 aliphatic rings. The van der Waals surface area contributed by atoms with E-state index in [0.29, 0.717) is 17.3 Å². The monoisotopic (exact) mass is 299 g/mol. The van der Waals surface area contributed by atoms with Gasteiger partial charge in [0.15, 0.2) is 5.82 Å². The summed E-state index contributed by atoms with van der Waals surface area (Å²) in [6, 6.07) is 13.0. The summed E-state index contributed by atoms with van der Waals surface area (Å²) in [4.78, 5) is 4.23. The Morgan fingerprint density at radius 2 is 1.90 bits per heavy atom. The zero-order valence-corrected chi connectivity index (χ0v) is 12.2. The van der Waals surface area contributed by atoms with Gasteiger partial charge in [0.2, 0.25) is 5.88 Å². The number of halogens is 1. The third-order valence-corrected chi connectivity index (χ3v) is 3.41. The maximum Gasteiger partial charge on any atom is 0.215 e. The topological polar surface area (TPSA) is 50.9 Å². The molecule has 2 heterocycles. The lowest BCUT2D eigenvalue weighted by Crippen LogP contribution is -2.00. The van der Waals surface area contributed by atoms with Crippen molar-refractivity contribution in [1.29, 1.82) is 0 Å². The van der Waals surface area contributed by atoms with Crippen molar-refractivity contribution in [1.82, 2.24) is 14.8 Å². The lowest BCUT2D eigenvalue weighted by Gasteiger charge is -2.02. The van der Waals surface area contributed by atoms with E-state index in [1.807, 2.05) is 43.3 Å². The van der Waals surface area contributed by atoms with E-state index in [1.54, 1.807) is 12.3 Å². The average molecular weight is 300 g/mol. The van der Waals surface area contributed by atoms with Crippen LogP contribution in [-0.2, 0) is 6.42 Å². The SMILES string of the molecule is Cc1ccnc(-n2nc(Cc3ccc(Cl)cc3)cc2O)c1. The minimum Gasteiger partial charge on any atom is -0.493 e. The van der Waals surface area contributed by atoms with Crippen LogP contribution in [0.2, 0.25) is 5.02 Å². The number of nitrogens with zero attached hydrogens (tertiary/aromatic N) is 3. The number of aromatic nitrogens is 3. The second-order valence-electron chi connectivity index (χ2n) is 4.90. The molecule has 3 aromatic rings. The quantitative estimate of drug-likeness (QED) is 0.805. The van der Waals surface area contributed by atoms with Crippen LogP contribution in [0.5, 0.6) is 5.88 Å². The summed E-state index contributed by atoms with van der Waals surface area (Å²) < 4.78 is 1.44. The van der Waals surface area contributed by atoms with Gasteiger partial charge in [-0.2, -0.15) is 9.78 Å². The van der Waals surface area contributed by atoms with E-state index in [-0.39, 0.29) is 5.88 Å². The Morgan fingerprint density at radius 3 is 2.62 bits per heavy atom. The second-order valence-corrected chi connectivity index (χ2v) is 5.34. The lowest BCUT2D eigenvalue weighted by atomic mass is 10.1. The molecule has 0 saturated heterocycles. The molecule has 2 aromatic heterocycles. The predicted octanol–water partition coefficient (Wildman–Crippen LogP) is 3.53. The molecule has 21 heavy (non-hydrogen) atoms. The first-order valence-corrected chi connectivity index (χ1v) is 6.95. The van der Waals surface area contributed by atoms with E-state index in [1.165, 1.54) is 4.68 Å². The van der Waals surface area contributed by atoms with Crippen molar-refractivity contribution in [3.05, 3.63) is 70.5 Å². The highest BCUT2D eigenvalue weighted by Gasteiger charge is 2.10. The molecule has 3 rings (SSSR count). The molecule has 5 heteroatoms. The van der Waals surface area contributed by atoms with Crippen molar-refractivity contribution >= 4 is 11.6 Å². The van der Waals surface area contributed by atoms with Gasteiger partial charge in [-0.3, -0.25) is 0 Å². The molecule has 106 valence electrons. The van der Waals surface area contributed by atoms with Crippen LogP contribution in [0.1, 0.15) is 16.8 Å². The summed E-state index contributed by atoms with van der Waals surface area (Å²) >= 11 is 5.87. The van der Waals surface area contributed by atoms with Crippen molar-refractivity contribution in [3.8, 4) is 11.7 Å². The van der Waals surface area contributed by atoms with Gasteiger partial charge in [0.1, 0.15) is 0 Å². The number of hydrogen-bond donors (Lipinski definition) is 1. The van der Waals surface area contributed by atoms with Crippen molar-refractivity contribution in [2.24, 2.45) is 0 Å². The highest BCUT2D eigenvalue weighted by Crippen LogP contribution is 2.20. The molecule has 0 fully saturated rings. The highest BCUT2D eigenvalue weighted by molar-refractivity contribution is 6.30. The van der Waals surface area contributed by atoms with Gasteiger partial charge in [-0.25, -0.2) is 4.98 Å². The molecule has 0 atom stereocenters. The first-order chi connectivity index (χ1) is 10.1. The van der Waals surface area contributed by atoms with E-state index < -0.39 is 0 Å². The standard InChI is InChI=1S/C16H14ClN3O/c1-11-6-7-18-15(8-11)20-16(21)10-14(19-20)9-12-2-4-13(17)5-3-12/h2-8,10,21H,9H2,1H3. The van der Waals surface area contributed by atoms with Gasteiger partial charge in [-0.1, -0.05) is 23.7 Å². The molecule has 1 N–H and O–H groups in total. The summed E-state index contributed by atoms with van der Waals surface area (Å²) in [7, 11) is 0. The summed E-state index contributed by atoms with van der Waals surface area (Å²) in [6.45, 7) is 1.97. The van der Waals surface area contributed by atoms with Crippen molar-refractivity contribution < 1.29 is 5.11 Å². The van der Waals surface area contributed by atoms with Crippen LogP contribution in [0.25, 0.3) is 5.82 Å². The maximum absolute atomic E-state index is 10.0. The summed E-state index contributed by atoms with van der Waals surface area (Å²) in [6.07, 6.45) is 2.33. The van der Waals surface area contributed by atoms with Crippen molar-refractivity contribution in [3.63, 3.8) is 0 Å². The van der Waals surface area contributed by atoms with Crippen LogP contribution < -0.4 is 0 Å². The Kier molecular flexibility index (Phi) is 3.62. The Bertz CT molecular complexity index is 765. The maximum atomic E-state index is 10.0. The largest absolute Gasteiger partial charge is 0.493 e. The number of hydrogen-bond acceptors (Lipinski definition) is 3. The molecule has 0 aliphatic heterocycles. The fourth-order valence-corrected chi connectivity index (χ4v) is 2.25. The summed E-state index contributed by atoms with van der Waals surface area (Å²) in [5, 5.41) is 15.2. The molecule has 0 unspecified atom stereocenters. The first-order valence-electron chi connectivity index (χ1n) is 6.57. The number of aryl methyl sites for hydroxylation is 1. The molecule has 0 bridgehead atoms. The molecule has 0 spiro atoms.